The molecule has 172 valence electrons. The first-order valence-electron chi connectivity index (χ1n) is 10.7. The number of hydrogen-bond donors (Lipinski definition) is 4. The summed E-state index contributed by atoms with van der Waals surface area (Å²) in [7, 11) is 3.13. The van der Waals surface area contributed by atoms with E-state index in [2.05, 4.69) is 22.8 Å². The predicted molar refractivity (Wildman–Crippen MR) is 130 cm³/mol. The monoisotopic (exact) mass is 446 g/mol. The Bertz CT molecular complexity index is 1070. The van der Waals surface area contributed by atoms with Crippen LogP contribution < -0.4 is 25.8 Å². The van der Waals surface area contributed by atoms with E-state index in [1.165, 1.54) is 5.56 Å². The van der Waals surface area contributed by atoms with E-state index < -0.39 is 6.17 Å². The highest BCUT2D eigenvalue weighted by atomic mass is 16.5. The topological polar surface area (TPSA) is 109 Å². The Kier molecular flexibility index (Phi) is 8.05. The number of benzene rings is 3. The van der Waals surface area contributed by atoms with Gasteiger partial charge < -0.3 is 20.5 Å². The summed E-state index contributed by atoms with van der Waals surface area (Å²) in [6, 6.07) is 20.8. The Balaban J connectivity index is 1.82. The average Bonchev–Trinajstić information content (AvgIpc) is 2.84. The third-order valence-corrected chi connectivity index (χ3v) is 5.45. The van der Waals surface area contributed by atoms with Crippen molar-refractivity contribution in [3.8, 4) is 11.5 Å². The average molecular weight is 447 g/mol. The molecule has 0 spiro atoms. The van der Waals surface area contributed by atoms with Crippen LogP contribution in [0.2, 0.25) is 0 Å². The second-order valence-corrected chi connectivity index (χ2v) is 7.64. The second-order valence-electron chi connectivity index (χ2n) is 7.64. The zero-order valence-corrected chi connectivity index (χ0v) is 19.1. The van der Waals surface area contributed by atoms with Crippen LogP contribution in [0.15, 0.2) is 66.7 Å². The van der Waals surface area contributed by atoms with Crippen molar-refractivity contribution in [3.05, 3.63) is 94.5 Å². The molecule has 1 unspecified atom stereocenters. The predicted octanol–water partition coefficient (Wildman–Crippen LogP) is 3.56. The normalized spacial score (nSPS) is 11.5. The molecule has 0 aliphatic rings. The summed E-state index contributed by atoms with van der Waals surface area (Å²) in [5.74, 6) is 0.898. The van der Waals surface area contributed by atoms with E-state index in [1.807, 2.05) is 37.3 Å². The molecule has 1 atom stereocenters. The standard InChI is InChI=1S/C26H30N4O3/c1-17-22(32-2)15-21(16-23(17)33-3)26(31)30-25(20-11-9-19(10-12-20)24(27)28)29-14-13-18-7-5-4-6-8-18/h4-12,15-16,25,29H,13-14H2,1-3H3,(H3,27,28)(H,30,31). The molecule has 3 aromatic rings. The molecule has 3 rings (SSSR count). The molecule has 3 aromatic carbocycles. The smallest absolute Gasteiger partial charge is 0.253 e. The second kappa shape index (κ2) is 11.2. The van der Waals surface area contributed by atoms with Crippen LogP contribution in [0.25, 0.3) is 0 Å². The number of nitrogen functional groups attached to an aromatic ring is 1. The summed E-state index contributed by atoms with van der Waals surface area (Å²) >= 11 is 0. The minimum Gasteiger partial charge on any atom is -0.496 e. The lowest BCUT2D eigenvalue weighted by atomic mass is 10.1. The number of carbonyl (C=O) groups is 1. The van der Waals surface area contributed by atoms with Crippen LogP contribution in [0, 0.1) is 12.3 Å². The van der Waals surface area contributed by atoms with Crippen molar-refractivity contribution < 1.29 is 14.3 Å². The first kappa shape index (κ1) is 23.8. The van der Waals surface area contributed by atoms with Crippen LogP contribution in [-0.2, 0) is 6.42 Å². The molecule has 0 fully saturated rings. The number of carbonyl (C=O) groups excluding carboxylic acids is 1. The summed E-state index contributed by atoms with van der Waals surface area (Å²) in [6.45, 7) is 2.54. The largest absolute Gasteiger partial charge is 0.496 e. The van der Waals surface area contributed by atoms with E-state index in [4.69, 9.17) is 20.6 Å². The summed E-state index contributed by atoms with van der Waals surface area (Å²) < 4.78 is 10.8. The van der Waals surface area contributed by atoms with Crippen molar-refractivity contribution in [2.75, 3.05) is 20.8 Å². The lowest BCUT2D eigenvalue weighted by Crippen LogP contribution is -2.39. The van der Waals surface area contributed by atoms with Gasteiger partial charge in [-0.1, -0.05) is 54.6 Å². The molecule has 1 amide bonds. The molecule has 0 radical (unpaired) electrons. The molecule has 0 aliphatic carbocycles. The molecule has 0 heterocycles. The van der Waals surface area contributed by atoms with E-state index in [0.717, 1.165) is 17.5 Å². The first-order chi connectivity index (χ1) is 15.9. The third kappa shape index (κ3) is 6.11. The lowest BCUT2D eigenvalue weighted by molar-refractivity contribution is 0.0928. The van der Waals surface area contributed by atoms with Gasteiger partial charge >= 0.3 is 0 Å². The maximum Gasteiger partial charge on any atom is 0.253 e. The van der Waals surface area contributed by atoms with Crippen molar-refractivity contribution in [2.24, 2.45) is 5.73 Å². The Morgan fingerprint density at radius 2 is 1.58 bits per heavy atom. The summed E-state index contributed by atoms with van der Waals surface area (Å²) in [5.41, 5.74) is 9.53. The maximum atomic E-state index is 13.2. The molecule has 0 bridgehead atoms. The summed E-state index contributed by atoms with van der Waals surface area (Å²) in [5, 5.41) is 14.1. The van der Waals surface area contributed by atoms with Crippen LogP contribution >= 0.6 is 0 Å². The van der Waals surface area contributed by atoms with Gasteiger partial charge in [0.05, 0.1) is 14.2 Å². The number of hydrogen-bond acceptors (Lipinski definition) is 5. The molecule has 0 saturated heterocycles. The number of nitrogens with two attached hydrogens (primary N) is 1. The fourth-order valence-corrected chi connectivity index (χ4v) is 3.54. The molecular formula is C26H30N4O3. The fourth-order valence-electron chi connectivity index (χ4n) is 3.54. The minimum absolute atomic E-state index is 0.00184. The number of amides is 1. The van der Waals surface area contributed by atoms with Gasteiger partial charge in [-0.3, -0.25) is 15.5 Å². The molecule has 7 heteroatoms. The zero-order valence-electron chi connectivity index (χ0n) is 19.1. The number of ether oxygens (including phenoxy) is 2. The Labute approximate surface area is 194 Å². The van der Waals surface area contributed by atoms with Crippen LogP contribution in [0.3, 0.4) is 0 Å². The van der Waals surface area contributed by atoms with Crippen molar-refractivity contribution in [3.63, 3.8) is 0 Å². The Morgan fingerprint density at radius 3 is 2.12 bits per heavy atom. The van der Waals surface area contributed by atoms with E-state index in [1.54, 1.807) is 38.5 Å². The fraction of sp³-hybridized carbons (Fsp3) is 0.231. The first-order valence-corrected chi connectivity index (χ1v) is 10.7. The van der Waals surface area contributed by atoms with Gasteiger partial charge in [0.1, 0.15) is 23.5 Å². The van der Waals surface area contributed by atoms with Gasteiger partial charge in [0.15, 0.2) is 0 Å². The molecule has 33 heavy (non-hydrogen) atoms. The van der Waals surface area contributed by atoms with Gasteiger partial charge in [-0.2, -0.15) is 0 Å². The minimum atomic E-state index is -0.444. The van der Waals surface area contributed by atoms with E-state index in [9.17, 15) is 4.79 Å². The molecule has 7 nitrogen and oxygen atoms in total. The maximum absolute atomic E-state index is 13.2. The van der Waals surface area contributed by atoms with Crippen molar-refractivity contribution in [2.45, 2.75) is 19.5 Å². The third-order valence-electron chi connectivity index (χ3n) is 5.45. The van der Waals surface area contributed by atoms with Crippen LogP contribution in [0.4, 0.5) is 0 Å². The molecule has 5 N–H and O–H groups in total. The van der Waals surface area contributed by atoms with Gasteiger partial charge in [-0.25, -0.2) is 0 Å². The van der Waals surface area contributed by atoms with Gasteiger partial charge in [-0.15, -0.1) is 0 Å². The number of rotatable bonds is 10. The summed E-state index contributed by atoms with van der Waals surface area (Å²) in [4.78, 5) is 13.2. The molecule has 0 aliphatic heterocycles. The molecule has 0 saturated carbocycles. The van der Waals surface area contributed by atoms with Crippen LogP contribution in [0.5, 0.6) is 11.5 Å². The Hall–Kier alpha value is -3.84. The van der Waals surface area contributed by atoms with Crippen molar-refractivity contribution in [1.82, 2.24) is 10.6 Å². The summed E-state index contributed by atoms with van der Waals surface area (Å²) in [6.07, 6.45) is 0.366. The lowest BCUT2D eigenvalue weighted by Gasteiger charge is -2.22. The highest BCUT2D eigenvalue weighted by molar-refractivity contribution is 5.96. The van der Waals surface area contributed by atoms with E-state index in [-0.39, 0.29) is 11.7 Å². The number of amidine groups is 1. The quantitative estimate of drug-likeness (QED) is 0.216. The van der Waals surface area contributed by atoms with Gasteiger partial charge in [-0.05, 0) is 36.6 Å². The van der Waals surface area contributed by atoms with Crippen LogP contribution in [0.1, 0.15) is 38.8 Å². The van der Waals surface area contributed by atoms with Gasteiger partial charge in [0, 0.05) is 23.2 Å². The van der Waals surface area contributed by atoms with Gasteiger partial charge in [0.2, 0.25) is 0 Å². The van der Waals surface area contributed by atoms with Crippen LogP contribution in [-0.4, -0.2) is 32.5 Å². The number of nitrogens with one attached hydrogen (secondary N) is 3. The van der Waals surface area contributed by atoms with E-state index >= 15 is 0 Å². The van der Waals surface area contributed by atoms with E-state index in [0.29, 0.717) is 29.2 Å². The molecule has 0 aromatic heterocycles. The highest BCUT2D eigenvalue weighted by Gasteiger charge is 2.18. The zero-order chi connectivity index (χ0) is 23.8. The van der Waals surface area contributed by atoms with Crippen molar-refractivity contribution in [1.29, 1.82) is 5.41 Å². The number of methoxy groups -OCH3 is 2. The SMILES string of the molecule is COc1cc(C(=O)NC(NCCc2ccccc2)c2ccc(C(=N)N)cc2)cc(OC)c1C. The van der Waals surface area contributed by atoms with Crippen molar-refractivity contribution >= 4 is 11.7 Å². The Morgan fingerprint density at radius 1 is 0.970 bits per heavy atom. The molecular weight excluding hydrogens is 416 g/mol. The highest BCUT2D eigenvalue weighted by Crippen LogP contribution is 2.29. The van der Waals surface area contributed by atoms with Gasteiger partial charge in [0.25, 0.3) is 5.91 Å².